The highest BCUT2D eigenvalue weighted by Gasteiger charge is 2.06. The maximum atomic E-state index is 5.39. The van der Waals surface area contributed by atoms with Crippen LogP contribution in [0, 0.1) is 0 Å². The summed E-state index contributed by atoms with van der Waals surface area (Å²) < 4.78 is 6.52. The monoisotopic (exact) mass is 357 g/mol. The van der Waals surface area contributed by atoms with Gasteiger partial charge in [-0.2, -0.15) is 0 Å². The fourth-order valence-corrected chi connectivity index (χ4v) is 3.54. The van der Waals surface area contributed by atoms with Crippen molar-refractivity contribution < 1.29 is 4.74 Å². The molecular weight excluding hydrogens is 338 g/mol. The summed E-state index contributed by atoms with van der Waals surface area (Å²) in [7, 11) is 1.67. The molecule has 0 aliphatic heterocycles. The van der Waals surface area contributed by atoms with Crippen LogP contribution in [0.4, 0.5) is 5.69 Å². The summed E-state index contributed by atoms with van der Waals surface area (Å²) in [5, 5.41) is 8.18. The predicted molar refractivity (Wildman–Crippen MR) is 105 cm³/mol. The number of hydrogen-bond acceptors (Lipinski definition) is 4. The molecule has 2 aromatic carbocycles. The minimum absolute atomic E-state index is 0.584. The van der Waals surface area contributed by atoms with E-state index in [0.29, 0.717) is 11.7 Å². The van der Waals surface area contributed by atoms with Crippen LogP contribution in [0.1, 0.15) is 17.5 Å². The summed E-state index contributed by atoms with van der Waals surface area (Å²) in [6.45, 7) is 2.73. The van der Waals surface area contributed by atoms with Crippen LogP contribution in [0.5, 0.6) is 5.75 Å². The molecular formula is C18H19N3OS2. The van der Waals surface area contributed by atoms with Gasteiger partial charge in [0.25, 0.3) is 0 Å². The number of thiocarbonyl (C=S) groups is 1. The number of rotatable bonds is 5. The maximum absolute atomic E-state index is 5.39. The summed E-state index contributed by atoms with van der Waals surface area (Å²) in [6, 6.07) is 14.0. The van der Waals surface area contributed by atoms with E-state index in [1.54, 1.807) is 18.4 Å². The van der Waals surface area contributed by atoms with Crippen molar-refractivity contribution in [3.63, 3.8) is 0 Å². The lowest BCUT2D eigenvalue weighted by molar-refractivity contribution is 0.409. The predicted octanol–water partition coefficient (Wildman–Crippen LogP) is 4.35. The lowest BCUT2D eigenvalue weighted by Crippen LogP contribution is -2.28. The van der Waals surface area contributed by atoms with E-state index >= 15 is 0 Å². The number of benzene rings is 2. The summed E-state index contributed by atoms with van der Waals surface area (Å²) in [5.74, 6) is 0.853. The van der Waals surface area contributed by atoms with E-state index in [1.807, 2.05) is 36.4 Å². The molecule has 0 saturated carbocycles. The van der Waals surface area contributed by atoms with Crippen LogP contribution in [-0.2, 0) is 13.0 Å². The normalized spacial score (nSPS) is 10.6. The molecule has 0 saturated heterocycles. The Labute approximate surface area is 150 Å². The van der Waals surface area contributed by atoms with Crippen LogP contribution in [0.15, 0.2) is 42.5 Å². The van der Waals surface area contributed by atoms with Gasteiger partial charge in [0.1, 0.15) is 5.75 Å². The molecule has 0 unspecified atom stereocenters. The Morgan fingerprint density at radius 1 is 1.25 bits per heavy atom. The summed E-state index contributed by atoms with van der Waals surface area (Å²) in [6.07, 6.45) is 0.959. The molecule has 0 aliphatic carbocycles. The Balaban J connectivity index is 1.64. The van der Waals surface area contributed by atoms with Crippen molar-refractivity contribution in [1.82, 2.24) is 10.3 Å². The number of anilines is 1. The molecule has 0 atom stereocenters. The second kappa shape index (κ2) is 7.59. The van der Waals surface area contributed by atoms with Gasteiger partial charge < -0.3 is 15.4 Å². The minimum Gasteiger partial charge on any atom is -0.496 e. The molecule has 6 heteroatoms. The van der Waals surface area contributed by atoms with Crippen LogP contribution in [0.3, 0.4) is 0 Å². The third-order valence-corrected chi connectivity index (χ3v) is 5.03. The van der Waals surface area contributed by atoms with Gasteiger partial charge in [-0.1, -0.05) is 25.1 Å². The smallest absolute Gasteiger partial charge is 0.171 e. The number of fused-ring (bicyclic) bond motifs is 1. The Morgan fingerprint density at radius 2 is 2.08 bits per heavy atom. The Morgan fingerprint density at radius 3 is 2.88 bits per heavy atom. The van der Waals surface area contributed by atoms with Crippen LogP contribution in [0.25, 0.3) is 10.2 Å². The van der Waals surface area contributed by atoms with Crippen LogP contribution in [0.2, 0.25) is 0 Å². The first kappa shape index (κ1) is 16.7. The third kappa shape index (κ3) is 3.83. The summed E-state index contributed by atoms with van der Waals surface area (Å²) in [5.41, 5.74) is 3.07. The highest BCUT2D eigenvalue weighted by Crippen LogP contribution is 2.25. The average Bonchev–Trinajstić information content (AvgIpc) is 3.02. The number of ether oxygens (including phenoxy) is 1. The van der Waals surface area contributed by atoms with Gasteiger partial charge in [0.2, 0.25) is 0 Å². The number of aryl methyl sites for hydroxylation is 1. The fraction of sp³-hybridized carbons (Fsp3) is 0.222. The molecule has 24 heavy (non-hydrogen) atoms. The molecule has 0 amide bonds. The average molecular weight is 358 g/mol. The number of nitrogens with one attached hydrogen (secondary N) is 2. The molecule has 0 radical (unpaired) electrons. The van der Waals surface area contributed by atoms with Gasteiger partial charge in [-0.05, 0) is 42.9 Å². The molecule has 124 valence electrons. The van der Waals surface area contributed by atoms with Gasteiger partial charge in [0, 0.05) is 17.8 Å². The molecule has 0 aliphatic rings. The Kier molecular flexibility index (Phi) is 5.27. The number of hydrogen-bond donors (Lipinski definition) is 2. The van der Waals surface area contributed by atoms with Crippen molar-refractivity contribution in [3.8, 4) is 5.75 Å². The Hall–Kier alpha value is -2.18. The largest absolute Gasteiger partial charge is 0.496 e. The molecule has 3 aromatic rings. The highest BCUT2D eigenvalue weighted by molar-refractivity contribution is 7.80. The van der Waals surface area contributed by atoms with Crippen molar-refractivity contribution >= 4 is 44.6 Å². The van der Waals surface area contributed by atoms with E-state index in [-0.39, 0.29) is 0 Å². The zero-order valence-electron chi connectivity index (χ0n) is 13.6. The fourth-order valence-electron chi connectivity index (χ4n) is 2.40. The quantitative estimate of drug-likeness (QED) is 0.665. The first-order valence-corrected chi connectivity index (χ1v) is 8.98. The topological polar surface area (TPSA) is 46.2 Å². The maximum Gasteiger partial charge on any atom is 0.171 e. The van der Waals surface area contributed by atoms with E-state index < -0.39 is 0 Å². The number of thiazole rings is 1. The first-order valence-electron chi connectivity index (χ1n) is 7.76. The van der Waals surface area contributed by atoms with Gasteiger partial charge in [-0.3, -0.25) is 0 Å². The van der Waals surface area contributed by atoms with Gasteiger partial charge in [-0.25, -0.2) is 4.98 Å². The molecule has 0 fully saturated rings. The van der Waals surface area contributed by atoms with Crippen molar-refractivity contribution in [2.24, 2.45) is 0 Å². The lowest BCUT2D eigenvalue weighted by atomic mass is 10.2. The van der Waals surface area contributed by atoms with Crippen molar-refractivity contribution in [2.45, 2.75) is 19.9 Å². The van der Waals surface area contributed by atoms with Crippen LogP contribution < -0.4 is 15.4 Å². The number of methoxy groups -OCH3 is 1. The first-order chi connectivity index (χ1) is 11.7. The molecule has 2 N–H and O–H groups in total. The second-order valence-electron chi connectivity index (χ2n) is 5.26. The van der Waals surface area contributed by atoms with Crippen molar-refractivity contribution in [3.05, 3.63) is 53.0 Å². The molecule has 1 heterocycles. The van der Waals surface area contributed by atoms with Gasteiger partial charge in [-0.15, -0.1) is 11.3 Å². The van der Waals surface area contributed by atoms with E-state index in [1.165, 1.54) is 4.70 Å². The Bertz CT molecular complexity index is 860. The third-order valence-electron chi connectivity index (χ3n) is 3.62. The standard InChI is InChI=1S/C18H19N3OS2/c1-3-17-21-14-9-8-13(10-16(14)24-17)20-18(23)19-11-12-6-4-5-7-15(12)22-2/h4-10H,3,11H2,1-2H3,(H2,19,20,23). The van der Waals surface area contributed by atoms with Crippen LogP contribution >= 0.6 is 23.6 Å². The van der Waals surface area contributed by atoms with Crippen molar-refractivity contribution in [1.29, 1.82) is 0 Å². The molecule has 3 rings (SSSR count). The zero-order chi connectivity index (χ0) is 16.9. The number of nitrogens with zero attached hydrogens (tertiary/aromatic N) is 1. The molecule has 0 spiro atoms. The number of para-hydroxylation sites is 1. The van der Waals surface area contributed by atoms with Gasteiger partial charge >= 0.3 is 0 Å². The minimum atomic E-state index is 0.584. The molecule has 1 aromatic heterocycles. The van der Waals surface area contributed by atoms with E-state index in [4.69, 9.17) is 17.0 Å². The summed E-state index contributed by atoms with van der Waals surface area (Å²) >= 11 is 7.11. The molecule has 0 bridgehead atoms. The van der Waals surface area contributed by atoms with Gasteiger partial charge in [0.15, 0.2) is 5.11 Å². The zero-order valence-corrected chi connectivity index (χ0v) is 15.3. The second-order valence-corrected chi connectivity index (χ2v) is 6.79. The molecule has 4 nitrogen and oxygen atoms in total. The lowest BCUT2D eigenvalue weighted by Gasteiger charge is -2.12. The number of aromatic nitrogens is 1. The highest BCUT2D eigenvalue weighted by atomic mass is 32.1. The van der Waals surface area contributed by atoms with Gasteiger partial charge in [0.05, 0.1) is 22.3 Å². The summed E-state index contributed by atoms with van der Waals surface area (Å²) in [4.78, 5) is 4.57. The van der Waals surface area contributed by atoms with E-state index in [0.717, 1.165) is 33.9 Å². The van der Waals surface area contributed by atoms with Crippen molar-refractivity contribution in [2.75, 3.05) is 12.4 Å². The van der Waals surface area contributed by atoms with E-state index in [9.17, 15) is 0 Å². The van der Waals surface area contributed by atoms with E-state index in [2.05, 4.69) is 28.6 Å². The SMILES string of the molecule is CCc1nc2ccc(NC(=S)NCc3ccccc3OC)cc2s1. The van der Waals surface area contributed by atoms with Crippen LogP contribution in [-0.4, -0.2) is 17.2 Å².